The largest absolute Gasteiger partial charge is 0.456 e. The number of aromatic nitrogens is 3. The standard InChI is InChI=1S/C21H20ClN3O4S2/c1-14-18(20(22)25(24-14)17-9-10-31(27,28)13-17)7-8-19(26)29-11-16-12-30-21(23-16)15-5-3-2-4-6-15/h2-8,12,17H,9-11,13H2,1H3/b8-7+/t17-/m0/s1. The molecule has 0 radical (unpaired) electrons. The van der Waals surface area contributed by atoms with Crippen molar-refractivity contribution in [1.29, 1.82) is 0 Å². The van der Waals surface area contributed by atoms with Crippen molar-refractivity contribution >= 4 is 44.8 Å². The van der Waals surface area contributed by atoms with E-state index >= 15 is 0 Å². The minimum atomic E-state index is -3.06. The van der Waals surface area contributed by atoms with Gasteiger partial charge >= 0.3 is 5.97 Å². The Balaban J connectivity index is 1.38. The number of carbonyl (C=O) groups is 1. The van der Waals surface area contributed by atoms with Gasteiger partial charge in [0.1, 0.15) is 16.8 Å². The van der Waals surface area contributed by atoms with Crippen molar-refractivity contribution in [3.8, 4) is 10.6 Å². The quantitative estimate of drug-likeness (QED) is 0.392. The number of thiazole rings is 1. The van der Waals surface area contributed by atoms with Crippen molar-refractivity contribution in [1.82, 2.24) is 14.8 Å². The summed E-state index contributed by atoms with van der Waals surface area (Å²) in [6.07, 6.45) is 3.31. The van der Waals surface area contributed by atoms with Crippen molar-refractivity contribution in [2.45, 2.75) is 26.0 Å². The first-order valence-electron chi connectivity index (χ1n) is 9.62. The van der Waals surface area contributed by atoms with Gasteiger partial charge in [-0.05, 0) is 19.4 Å². The first-order chi connectivity index (χ1) is 14.8. The number of benzene rings is 1. The molecule has 31 heavy (non-hydrogen) atoms. The Morgan fingerprint density at radius 1 is 1.35 bits per heavy atom. The van der Waals surface area contributed by atoms with Gasteiger partial charge in [0.25, 0.3) is 0 Å². The summed E-state index contributed by atoms with van der Waals surface area (Å²) in [4.78, 5) is 16.6. The molecule has 0 bridgehead atoms. The van der Waals surface area contributed by atoms with Crippen molar-refractivity contribution in [3.05, 3.63) is 63.9 Å². The van der Waals surface area contributed by atoms with Crippen molar-refractivity contribution in [2.75, 3.05) is 11.5 Å². The van der Waals surface area contributed by atoms with Gasteiger partial charge in [0.05, 0.1) is 28.9 Å². The van der Waals surface area contributed by atoms with Gasteiger partial charge in [0.2, 0.25) is 0 Å². The highest BCUT2D eigenvalue weighted by atomic mass is 35.5. The third-order valence-corrected chi connectivity index (χ3v) is 8.01. The maximum atomic E-state index is 12.2. The molecule has 1 atom stereocenters. The van der Waals surface area contributed by atoms with Crippen LogP contribution >= 0.6 is 22.9 Å². The van der Waals surface area contributed by atoms with E-state index in [9.17, 15) is 13.2 Å². The van der Waals surface area contributed by atoms with E-state index in [1.807, 2.05) is 35.7 Å². The summed E-state index contributed by atoms with van der Waals surface area (Å²) in [5.41, 5.74) is 2.88. The maximum Gasteiger partial charge on any atom is 0.331 e. The third-order valence-electron chi connectivity index (χ3n) is 4.95. The minimum absolute atomic E-state index is 0.0254. The number of carbonyl (C=O) groups excluding carboxylic acids is 1. The molecule has 0 saturated carbocycles. The first-order valence-corrected chi connectivity index (χ1v) is 12.7. The van der Waals surface area contributed by atoms with E-state index < -0.39 is 15.8 Å². The molecule has 7 nitrogen and oxygen atoms in total. The number of sulfone groups is 1. The Morgan fingerprint density at radius 3 is 2.84 bits per heavy atom. The van der Waals surface area contributed by atoms with Crippen molar-refractivity contribution in [2.24, 2.45) is 0 Å². The van der Waals surface area contributed by atoms with Gasteiger partial charge in [-0.3, -0.25) is 0 Å². The lowest BCUT2D eigenvalue weighted by molar-refractivity contribution is -0.139. The molecule has 0 unspecified atom stereocenters. The SMILES string of the molecule is Cc1nn([C@H]2CCS(=O)(=O)C2)c(Cl)c1/C=C/C(=O)OCc1csc(-c2ccccc2)n1. The Kier molecular flexibility index (Phi) is 6.27. The van der Waals surface area contributed by atoms with Crippen LogP contribution in [0.3, 0.4) is 0 Å². The summed E-state index contributed by atoms with van der Waals surface area (Å²) < 4.78 is 30.3. The highest BCUT2D eigenvalue weighted by molar-refractivity contribution is 7.91. The topological polar surface area (TPSA) is 91.2 Å². The Labute approximate surface area is 189 Å². The second kappa shape index (κ2) is 8.94. The van der Waals surface area contributed by atoms with Crippen LogP contribution in [0.2, 0.25) is 5.15 Å². The number of aryl methyl sites for hydroxylation is 1. The molecular formula is C21H20ClN3O4S2. The summed E-state index contributed by atoms with van der Waals surface area (Å²) >= 11 is 7.91. The number of hydrogen-bond donors (Lipinski definition) is 0. The Morgan fingerprint density at radius 2 is 2.13 bits per heavy atom. The molecule has 4 rings (SSSR count). The molecule has 0 aliphatic carbocycles. The lowest BCUT2D eigenvalue weighted by Crippen LogP contribution is -2.12. The number of nitrogens with zero attached hydrogens (tertiary/aromatic N) is 3. The fraction of sp³-hybridized carbons (Fsp3) is 0.286. The molecule has 3 heterocycles. The number of hydrogen-bond acceptors (Lipinski definition) is 7. The van der Waals surface area contributed by atoms with Gasteiger partial charge in [-0.15, -0.1) is 11.3 Å². The molecule has 162 valence electrons. The molecule has 10 heteroatoms. The van der Waals surface area contributed by atoms with Crippen LogP contribution in [0, 0.1) is 6.92 Å². The average Bonchev–Trinajstić information content (AvgIpc) is 3.43. The normalized spacial score (nSPS) is 17.9. The van der Waals surface area contributed by atoms with Crippen LogP contribution in [0.5, 0.6) is 0 Å². The zero-order valence-electron chi connectivity index (χ0n) is 16.7. The average molecular weight is 478 g/mol. The zero-order chi connectivity index (χ0) is 22.0. The molecule has 2 aromatic heterocycles. The molecule has 3 aromatic rings. The lowest BCUT2D eigenvalue weighted by atomic mass is 10.2. The van der Waals surface area contributed by atoms with Crippen LogP contribution in [0.1, 0.15) is 29.4 Å². The smallest absolute Gasteiger partial charge is 0.331 e. The molecule has 1 aliphatic heterocycles. The van der Waals surface area contributed by atoms with Gasteiger partial charge in [0.15, 0.2) is 9.84 Å². The highest BCUT2D eigenvalue weighted by Gasteiger charge is 2.31. The van der Waals surface area contributed by atoms with Gasteiger partial charge in [-0.2, -0.15) is 5.10 Å². The zero-order valence-corrected chi connectivity index (χ0v) is 19.1. The summed E-state index contributed by atoms with van der Waals surface area (Å²) in [5.74, 6) is -0.370. The summed E-state index contributed by atoms with van der Waals surface area (Å²) in [6.45, 7) is 1.83. The highest BCUT2D eigenvalue weighted by Crippen LogP contribution is 2.30. The van der Waals surface area contributed by atoms with E-state index in [2.05, 4.69) is 10.1 Å². The van der Waals surface area contributed by atoms with Crippen LogP contribution in [0.15, 0.2) is 41.8 Å². The van der Waals surface area contributed by atoms with Gasteiger partial charge in [-0.25, -0.2) is 22.9 Å². The van der Waals surface area contributed by atoms with Crippen LogP contribution in [0.25, 0.3) is 16.6 Å². The van der Waals surface area contributed by atoms with E-state index in [-0.39, 0.29) is 24.2 Å². The van der Waals surface area contributed by atoms with E-state index in [4.69, 9.17) is 16.3 Å². The fourth-order valence-corrected chi connectivity index (χ4v) is 6.24. The summed E-state index contributed by atoms with van der Waals surface area (Å²) in [5, 5.41) is 7.41. The third kappa shape index (κ3) is 5.06. The number of rotatable bonds is 6. The second-order valence-corrected chi connectivity index (χ2v) is 10.7. The molecule has 1 saturated heterocycles. The van der Waals surface area contributed by atoms with E-state index in [1.54, 1.807) is 13.0 Å². The van der Waals surface area contributed by atoms with Gasteiger partial charge in [0, 0.05) is 22.6 Å². The van der Waals surface area contributed by atoms with Crippen LogP contribution in [-0.2, 0) is 26.0 Å². The molecule has 0 amide bonds. The summed E-state index contributed by atoms with van der Waals surface area (Å²) in [6, 6.07) is 9.51. The molecule has 1 fully saturated rings. The van der Waals surface area contributed by atoms with E-state index in [0.29, 0.717) is 28.5 Å². The van der Waals surface area contributed by atoms with Crippen molar-refractivity contribution in [3.63, 3.8) is 0 Å². The number of ether oxygens (including phenoxy) is 1. The van der Waals surface area contributed by atoms with Crippen LogP contribution in [0.4, 0.5) is 0 Å². The second-order valence-electron chi connectivity index (χ2n) is 7.24. The minimum Gasteiger partial charge on any atom is -0.456 e. The number of halogens is 1. The Bertz CT molecular complexity index is 1230. The van der Waals surface area contributed by atoms with Crippen LogP contribution < -0.4 is 0 Å². The molecule has 0 N–H and O–H groups in total. The fourth-order valence-electron chi connectivity index (χ4n) is 3.36. The van der Waals surface area contributed by atoms with Gasteiger partial charge < -0.3 is 4.74 Å². The maximum absolute atomic E-state index is 12.2. The molecule has 1 aromatic carbocycles. The number of esters is 1. The van der Waals surface area contributed by atoms with E-state index in [0.717, 1.165) is 10.6 Å². The first kappa shape index (κ1) is 21.7. The van der Waals surface area contributed by atoms with Crippen molar-refractivity contribution < 1.29 is 17.9 Å². The van der Waals surface area contributed by atoms with Gasteiger partial charge in [-0.1, -0.05) is 41.9 Å². The predicted molar refractivity (Wildman–Crippen MR) is 121 cm³/mol. The monoisotopic (exact) mass is 477 g/mol. The Hall–Kier alpha value is -2.49. The van der Waals surface area contributed by atoms with E-state index in [1.165, 1.54) is 22.1 Å². The molecule has 0 spiro atoms. The molecular weight excluding hydrogens is 458 g/mol. The predicted octanol–water partition coefficient (Wildman–Crippen LogP) is 4.08. The van der Waals surface area contributed by atoms with Crippen LogP contribution in [-0.4, -0.2) is 40.7 Å². The lowest BCUT2D eigenvalue weighted by Gasteiger charge is -2.09. The molecule has 1 aliphatic rings. The summed E-state index contributed by atoms with van der Waals surface area (Å²) in [7, 11) is -3.06.